The lowest BCUT2D eigenvalue weighted by Crippen LogP contribution is -2.24. The van der Waals surface area contributed by atoms with Gasteiger partial charge in [-0.15, -0.1) is 0 Å². The number of rotatable bonds is 7. The Kier molecular flexibility index (Phi) is 6.08. The number of anilines is 2. The Morgan fingerprint density at radius 3 is 2.45 bits per heavy atom. The summed E-state index contributed by atoms with van der Waals surface area (Å²) in [6.07, 6.45) is 1.44. The van der Waals surface area contributed by atoms with Gasteiger partial charge in [0, 0.05) is 5.69 Å². The number of benzene rings is 3. The highest BCUT2D eigenvalue weighted by Gasteiger charge is 2.16. The van der Waals surface area contributed by atoms with Gasteiger partial charge in [0.1, 0.15) is 11.5 Å². The fourth-order valence-electron chi connectivity index (χ4n) is 3.22. The molecule has 2 N–H and O–H groups in total. The molecule has 0 spiro atoms. The second kappa shape index (κ2) is 9.27. The summed E-state index contributed by atoms with van der Waals surface area (Å²) >= 11 is 0. The largest absolute Gasteiger partial charge is 0.497 e. The van der Waals surface area contributed by atoms with Crippen LogP contribution < -0.4 is 20.3 Å². The van der Waals surface area contributed by atoms with E-state index in [4.69, 9.17) is 9.47 Å². The summed E-state index contributed by atoms with van der Waals surface area (Å²) < 4.78 is 12.4. The summed E-state index contributed by atoms with van der Waals surface area (Å²) in [5, 5.41) is 16.6. The lowest BCUT2D eigenvalue weighted by atomic mass is 10.2. The van der Waals surface area contributed by atoms with E-state index >= 15 is 0 Å². The van der Waals surface area contributed by atoms with Gasteiger partial charge in [-0.3, -0.25) is 4.79 Å². The van der Waals surface area contributed by atoms with E-state index in [0.29, 0.717) is 22.9 Å². The van der Waals surface area contributed by atoms with Crippen LogP contribution in [0.3, 0.4) is 0 Å². The van der Waals surface area contributed by atoms with Gasteiger partial charge >= 0.3 is 5.97 Å². The minimum Gasteiger partial charge on any atom is -0.497 e. The van der Waals surface area contributed by atoms with Crippen molar-refractivity contribution in [2.45, 2.75) is 6.92 Å². The topological polar surface area (TPSA) is 103 Å². The number of hydrogen-bond acceptors (Lipinski definition) is 6. The molecule has 8 nitrogen and oxygen atoms in total. The van der Waals surface area contributed by atoms with Crippen molar-refractivity contribution in [1.29, 1.82) is 0 Å². The van der Waals surface area contributed by atoms with Gasteiger partial charge in [-0.25, -0.2) is 4.79 Å². The molecule has 0 aliphatic rings. The zero-order valence-corrected chi connectivity index (χ0v) is 18.0. The van der Waals surface area contributed by atoms with Gasteiger partial charge in [0.05, 0.1) is 24.6 Å². The number of aromatic nitrogens is 2. The first-order valence-electron chi connectivity index (χ1n) is 10.1. The number of carbonyl (C=O) groups is 1. The molecule has 0 unspecified atom stereocenters. The zero-order valence-electron chi connectivity index (χ0n) is 18.0. The van der Waals surface area contributed by atoms with E-state index in [0.717, 1.165) is 5.56 Å². The molecule has 0 aliphatic heterocycles. The van der Waals surface area contributed by atoms with E-state index < -0.39 is 11.5 Å². The maximum atomic E-state index is 13.4. The molecule has 0 radical (unpaired) electrons. The molecular formula is C25H21N3O5. The molecule has 0 amide bonds. The zero-order chi connectivity index (χ0) is 23.4. The second-order valence-corrected chi connectivity index (χ2v) is 7.23. The van der Waals surface area contributed by atoms with Crippen molar-refractivity contribution in [3.8, 4) is 22.9 Å². The van der Waals surface area contributed by atoms with Crippen LogP contribution in [0.2, 0.25) is 0 Å². The Hall–Kier alpha value is -4.59. The molecule has 0 saturated heterocycles. The average molecular weight is 443 g/mol. The van der Waals surface area contributed by atoms with Crippen molar-refractivity contribution < 1.29 is 19.4 Å². The fraction of sp³-hybridized carbons (Fsp3) is 0.0800. The van der Waals surface area contributed by atoms with E-state index in [-0.39, 0.29) is 17.0 Å². The van der Waals surface area contributed by atoms with E-state index in [1.165, 1.54) is 23.0 Å². The van der Waals surface area contributed by atoms with Crippen LogP contribution in [-0.2, 0) is 0 Å². The molecule has 1 aromatic heterocycles. The Morgan fingerprint density at radius 1 is 1.00 bits per heavy atom. The highest BCUT2D eigenvalue weighted by Crippen LogP contribution is 2.29. The monoisotopic (exact) mass is 443 g/mol. The molecule has 0 bridgehead atoms. The Labute approximate surface area is 189 Å². The standard InChI is InChI=1S/C25H21N3O5/c1-16-5-3-8-21(13-16)33-22-15-26-28(19-9-11-20(32-2)12-10-19)24(29)23(22)27-18-7-4-6-17(14-18)25(30)31/h3-15,27H,1-2H3,(H,30,31). The number of methoxy groups -OCH3 is 1. The summed E-state index contributed by atoms with van der Waals surface area (Å²) in [6.45, 7) is 1.93. The van der Waals surface area contributed by atoms with Crippen molar-refractivity contribution >= 4 is 17.3 Å². The van der Waals surface area contributed by atoms with E-state index in [9.17, 15) is 14.7 Å². The summed E-state index contributed by atoms with van der Waals surface area (Å²) in [5.41, 5.74) is 1.69. The second-order valence-electron chi connectivity index (χ2n) is 7.23. The summed E-state index contributed by atoms with van der Waals surface area (Å²) in [5.74, 6) is 0.326. The van der Waals surface area contributed by atoms with Gasteiger partial charge in [0.2, 0.25) is 0 Å². The first-order chi connectivity index (χ1) is 15.9. The van der Waals surface area contributed by atoms with Crippen molar-refractivity contribution in [2.24, 2.45) is 0 Å². The molecule has 0 atom stereocenters. The maximum absolute atomic E-state index is 13.4. The van der Waals surface area contributed by atoms with Gasteiger partial charge in [-0.05, 0) is 67.1 Å². The highest BCUT2D eigenvalue weighted by atomic mass is 16.5. The van der Waals surface area contributed by atoms with Gasteiger partial charge in [-0.1, -0.05) is 18.2 Å². The van der Waals surface area contributed by atoms with Crippen LogP contribution in [0.4, 0.5) is 11.4 Å². The molecule has 8 heteroatoms. The van der Waals surface area contributed by atoms with Crippen molar-refractivity contribution in [2.75, 3.05) is 12.4 Å². The van der Waals surface area contributed by atoms with Crippen molar-refractivity contribution in [1.82, 2.24) is 9.78 Å². The number of aromatic carboxylic acids is 1. The van der Waals surface area contributed by atoms with Crippen LogP contribution in [0.25, 0.3) is 5.69 Å². The molecular weight excluding hydrogens is 422 g/mol. The molecule has 4 aromatic rings. The van der Waals surface area contributed by atoms with E-state index in [1.54, 1.807) is 49.6 Å². The van der Waals surface area contributed by atoms with Crippen molar-refractivity contribution in [3.05, 3.63) is 100 Å². The fourth-order valence-corrected chi connectivity index (χ4v) is 3.22. The maximum Gasteiger partial charge on any atom is 0.335 e. The van der Waals surface area contributed by atoms with Crippen LogP contribution in [0.1, 0.15) is 15.9 Å². The Bertz CT molecular complexity index is 1360. The van der Waals surface area contributed by atoms with Crippen LogP contribution >= 0.6 is 0 Å². The number of ether oxygens (including phenoxy) is 2. The Balaban J connectivity index is 1.80. The number of carboxylic acids is 1. The lowest BCUT2D eigenvalue weighted by Gasteiger charge is -2.15. The van der Waals surface area contributed by atoms with Crippen LogP contribution in [0.5, 0.6) is 17.2 Å². The predicted molar refractivity (Wildman–Crippen MR) is 124 cm³/mol. The number of hydrogen-bond donors (Lipinski definition) is 2. The van der Waals surface area contributed by atoms with Gasteiger partial charge in [-0.2, -0.15) is 9.78 Å². The molecule has 33 heavy (non-hydrogen) atoms. The number of nitrogens with zero attached hydrogens (tertiary/aromatic N) is 2. The van der Waals surface area contributed by atoms with Crippen LogP contribution in [-0.4, -0.2) is 28.0 Å². The van der Waals surface area contributed by atoms with Crippen LogP contribution in [0, 0.1) is 6.92 Å². The Morgan fingerprint density at radius 2 is 1.76 bits per heavy atom. The normalized spacial score (nSPS) is 10.5. The smallest absolute Gasteiger partial charge is 0.335 e. The predicted octanol–water partition coefficient (Wildman–Crippen LogP) is 4.78. The number of aryl methyl sites for hydroxylation is 1. The molecule has 4 rings (SSSR count). The summed E-state index contributed by atoms with van der Waals surface area (Å²) in [6, 6.07) is 20.4. The quantitative estimate of drug-likeness (QED) is 0.424. The third-order valence-electron chi connectivity index (χ3n) is 4.86. The first-order valence-corrected chi connectivity index (χ1v) is 10.1. The lowest BCUT2D eigenvalue weighted by molar-refractivity contribution is 0.0697. The number of nitrogens with one attached hydrogen (secondary N) is 1. The minimum atomic E-state index is -1.07. The SMILES string of the molecule is COc1ccc(-n2ncc(Oc3cccc(C)c3)c(Nc3cccc(C(=O)O)c3)c2=O)cc1. The average Bonchev–Trinajstić information content (AvgIpc) is 2.82. The summed E-state index contributed by atoms with van der Waals surface area (Å²) in [7, 11) is 1.56. The van der Waals surface area contributed by atoms with Crippen LogP contribution in [0.15, 0.2) is 83.8 Å². The van der Waals surface area contributed by atoms with Gasteiger partial charge < -0.3 is 19.9 Å². The molecule has 1 heterocycles. The highest BCUT2D eigenvalue weighted by molar-refractivity contribution is 5.89. The third-order valence-corrected chi connectivity index (χ3v) is 4.86. The molecule has 3 aromatic carbocycles. The first kappa shape index (κ1) is 21.6. The molecule has 166 valence electrons. The van der Waals surface area contributed by atoms with E-state index in [2.05, 4.69) is 10.4 Å². The molecule has 0 saturated carbocycles. The number of carboxylic acid groups (broad SMARTS) is 1. The molecule has 0 fully saturated rings. The van der Waals surface area contributed by atoms with Gasteiger partial charge in [0.25, 0.3) is 5.56 Å². The van der Waals surface area contributed by atoms with Crippen molar-refractivity contribution in [3.63, 3.8) is 0 Å². The minimum absolute atomic E-state index is 0.0886. The third kappa shape index (κ3) is 4.85. The van der Waals surface area contributed by atoms with E-state index in [1.807, 2.05) is 25.1 Å². The molecule has 0 aliphatic carbocycles. The summed E-state index contributed by atoms with van der Waals surface area (Å²) in [4.78, 5) is 24.8. The van der Waals surface area contributed by atoms with Gasteiger partial charge in [0.15, 0.2) is 11.4 Å².